The van der Waals surface area contributed by atoms with Crippen molar-refractivity contribution in [3.05, 3.63) is 100 Å². The molecule has 4 aromatic rings. The largest absolute Gasteiger partial charge is 0.467 e. The van der Waals surface area contributed by atoms with Crippen LogP contribution < -0.4 is 5.32 Å². The fourth-order valence-electron chi connectivity index (χ4n) is 4.37. The molecule has 3 amide bonds. The van der Waals surface area contributed by atoms with Gasteiger partial charge in [0.2, 0.25) is 5.91 Å². The molecule has 0 spiro atoms. The number of halogens is 1. The fraction of sp³-hybridized carbons (Fsp3) is 0.179. The minimum absolute atomic E-state index is 0.0802. The zero-order chi connectivity index (χ0) is 25.9. The van der Waals surface area contributed by atoms with Crippen LogP contribution in [0.4, 0.5) is 9.18 Å². The smallest absolute Gasteiger partial charge is 0.293 e. The van der Waals surface area contributed by atoms with Gasteiger partial charge in [-0.05, 0) is 48.0 Å². The summed E-state index contributed by atoms with van der Waals surface area (Å²) in [5, 5.41) is 3.28. The van der Waals surface area contributed by atoms with Gasteiger partial charge in [0.15, 0.2) is 0 Å². The predicted molar refractivity (Wildman–Crippen MR) is 140 cm³/mol. The number of carbonyl (C=O) groups is 3. The SMILES string of the molecule is CCc1cccc2c(/C=C3\SC(=O)N(Cc4ccccc4F)C3=O)cn(CC(=O)NCc3ccco3)c12. The van der Waals surface area contributed by atoms with Gasteiger partial charge in [-0.1, -0.05) is 43.3 Å². The van der Waals surface area contributed by atoms with Crippen molar-refractivity contribution < 1.29 is 23.2 Å². The highest BCUT2D eigenvalue weighted by Crippen LogP contribution is 2.35. The van der Waals surface area contributed by atoms with Gasteiger partial charge in [0.25, 0.3) is 11.1 Å². The van der Waals surface area contributed by atoms with E-state index in [0.29, 0.717) is 5.76 Å². The number of imide groups is 1. The van der Waals surface area contributed by atoms with Gasteiger partial charge in [-0.2, -0.15) is 0 Å². The van der Waals surface area contributed by atoms with E-state index < -0.39 is 17.0 Å². The van der Waals surface area contributed by atoms with Gasteiger partial charge in [0.1, 0.15) is 18.1 Å². The molecule has 1 N–H and O–H groups in total. The van der Waals surface area contributed by atoms with E-state index in [1.165, 1.54) is 6.07 Å². The lowest BCUT2D eigenvalue weighted by molar-refractivity contribution is -0.123. The summed E-state index contributed by atoms with van der Waals surface area (Å²) in [4.78, 5) is 39.7. The normalized spacial score (nSPS) is 14.8. The van der Waals surface area contributed by atoms with E-state index in [0.717, 1.165) is 45.1 Å². The average molecular weight is 518 g/mol. The number of nitrogens with zero attached hydrogens (tertiary/aromatic N) is 2. The third kappa shape index (κ3) is 5.08. The van der Waals surface area contributed by atoms with Crippen LogP contribution in [0.1, 0.15) is 29.4 Å². The van der Waals surface area contributed by atoms with Crippen LogP contribution in [-0.2, 0) is 35.6 Å². The van der Waals surface area contributed by atoms with E-state index in [1.54, 1.807) is 42.7 Å². The van der Waals surface area contributed by atoms with Gasteiger partial charge in [-0.25, -0.2) is 4.39 Å². The van der Waals surface area contributed by atoms with E-state index >= 15 is 0 Å². The number of amides is 3. The second-order valence-corrected chi connectivity index (χ2v) is 9.59. The van der Waals surface area contributed by atoms with E-state index in [9.17, 15) is 18.8 Å². The molecule has 5 rings (SSSR count). The van der Waals surface area contributed by atoms with Crippen LogP contribution in [0, 0.1) is 5.82 Å². The Labute approximate surface area is 216 Å². The quantitative estimate of drug-likeness (QED) is 0.313. The lowest BCUT2D eigenvalue weighted by atomic mass is 10.1. The molecule has 3 heterocycles. The highest BCUT2D eigenvalue weighted by atomic mass is 32.2. The average Bonchev–Trinajstić information content (AvgIpc) is 3.60. The maximum absolute atomic E-state index is 14.1. The number of aromatic nitrogens is 1. The summed E-state index contributed by atoms with van der Waals surface area (Å²) in [6.45, 7) is 2.27. The second-order valence-electron chi connectivity index (χ2n) is 8.59. The van der Waals surface area contributed by atoms with Crippen LogP contribution in [0.3, 0.4) is 0 Å². The topological polar surface area (TPSA) is 84.5 Å². The van der Waals surface area contributed by atoms with Crippen molar-refractivity contribution in [2.75, 3.05) is 0 Å². The summed E-state index contributed by atoms with van der Waals surface area (Å²) in [6, 6.07) is 15.5. The van der Waals surface area contributed by atoms with Crippen molar-refractivity contribution in [3.63, 3.8) is 0 Å². The third-order valence-corrected chi connectivity index (χ3v) is 7.10. The molecule has 1 aliphatic heterocycles. The molecular formula is C28H24FN3O4S. The molecular weight excluding hydrogens is 493 g/mol. The molecule has 1 aliphatic rings. The monoisotopic (exact) mass is 517 g/mol. The van der Waals surface area contributed by atoms with Crippen LogP contribution in [-0.4, -0.2) is 26.5 Å². The Morgan fingerprint density at radius 3 is 2.65 bits per heavy atom. The van der Waals surface area contributed by atoms with Crippen LogP contribution in [0.5, 0.6) is 0 Å². The Balaban J connectivity index is 1.43. The van der Waals surface area contributed by atoms with Gasteiger partial charge in [0, 0.05) is 22.7 Å². The first-order valence-electron chi connectivity index (χ1n) is 11.8. The molecule has 9 heteroatoms. The second kappa shape index (κ2) is 10.5. The number of furan rings is 1. The number of benzene rings is 2. The number of nitrogens with one attached hydrogen (secondary N) is 1. The maximum Gasteiger partial charge on any atom is 0.293 e. The summed E-state index contributed by atoms with van der Waals surface area (Å²) in [5.74, 6) is -0.462. The summed E-state index contributed by atoms with van der Waals surface area (Å²) < 4.78 is 21.3. The number of hydrogen-bond donors (Lipinski definition) is 1. The molecule has 0 radical (unpaired) electrons. The van der Waals surface area contributed by atoms with Crippen LogP contribution in [0.15, 0.2) is 76.4 Å². The highest BCUT2D eigenvalue weighted by Gasteiger charge is 2.35. The van der Waals surface area contributed by atoms with Gasteiger partial charge in [0.05, 0.1) is 29.8 Å². The number of thioether (sulfide) groups is 1. The lowest BCUT2D eigenvalue weighted by Gasteiger charge is -2.12. The predicted octanol–water partition coefficient (Wildman–Crippen LogP) is 5.49. The molecule has 1 fully saturated rings. The van der Waals surface area contributed by atoms with Crippen molar-refractivity contribution in [3.8, 4) is 0 Å². The summed E-state index contributed by atoms with van der Waals surface area (Å²) in [5.41, 5.74) is 2.95. The Kier molecular flexibility index (Phi) is 6.96. The third-order valence-electron chi connectivity index (χ3n) is 6.19. The van der Waals surface area contributed by atoms with Crippen molar-refractivity contribution in [2.45, 2.75) is 33.0 Å². The van der Waals surface area contributed by atoms with Crippen molar-refractivity contribution in [1.29, 1.82) is 0 Å². The molecule has 188 valence electrons. The maximum atomic E-state index is 14.1. The molecule has 1 saturated heterocycles. The Morgan fingerprint density at radius 1 is 1.08 bits per heavy atom. The summed E-state index contributed by atoms with van der Waals surface area (Å²) >= 11 is 0.827. The number of para-hydroxylation sites is 1. The fourth-order valence-corrected chi connectivity index (χ4v) is 5.20. The zero-order valence-electron chi connectivity index (χ0n) is 20.1. The van der Waals surface area contributed by atoms with E-state index in [-0.39, 0.29) is 36.0 Å². The van der Waals surface area contributed by atoms with Crippen LogP contribution in [0.25, 0.3) is 17.0 Å². The van der Waals surface area contributed by atoms with E-state index in [1.807, 2.05) is 35.9 Å². The molecule has 0 bridgehead atoms. The first-order valence-corrected chi connectivity index (χ1v) is 12.6. The molecule has 0 aliphatic carbocycles. The van der Waals surface area contributed by atoms with Gasteiger partial charge >= 0.3 is 0 Å². The molecule has 0 saturated carbocycles. The zero-order valence-corrected chi connectivity index (χ0v) is 20.9. The Morgan fingerprint density at radius 2 is 1.89 bits per heavy atom. The van der Waals surface area contributed by atoms with Crippen LogP contribution >= 0.6 is 11.8 Å². The minimum Gasteiger partial charge on any atom is -0.467 e. The molecule has 37 heavy (non-hydrogen) atoms. The van der Waals surface area contributed by atoms with Gasteiger partial charge in [-0.3, -0.25) is 19.3 Å². The lowest BCUT2D eigenvalue weighted by Crippen LogP contribution is -2.27. The standard InChI is InChI=1S/C28H24FN3O4S/c1-2-18-8-5-10-22-20(15-31(26(18)22)17-25(33)30-14-21-9-6-12-36-21)13-24-27(34)32(28(35)37-24)16-19-7-3-4-11-23(19)29/h3-13,15H,2,14,16-17H2,1H3,(H,30,33)/b24-13-. The van der Waals surface area contributed by atoms with Crippen molar-refractivity contribution >= 4 is 45.8 Å². The summed E-state index contributed by atoms with van der Waals surface area (Å²) in [6.07, 6.45) is 5.80. The number of aryl methyl sites for hydroxylation is 1. The molecule has 0 unspecified atom stereocenters. The number of fused-ring (bicyclic) bond motifs is 1. The minimum atomic E-state index is -0.470. The number of rotatable bonds is 8. The Hall–Kier alpha value is -4.11. The van der Waals surface area contributed by atoms with Crippen molar-refractivity contribution in [2.24, 2.45) is 0 Å². The Bertz CT molecular complexity index is 1520. The summed E-state index contributed by atoms with van der Waals surface area (Å²) in [7, 11) is 0. The van der Waals surface area contributed by atoms with Gasteiger partial charge < -0.3 is 14.3 Å². The molecule has 2 aromatic heterocycles. The van der Waals surface area contributed by atoms with Gasteiger partial charge in [-0.15, -0.1) is 0 Å². The highest BCUT2D eigenvalue weighted by molar-refractivity contribution is 8.18. The molecule has 7 nitrogen and oxygen atoms in total. The first-order chi connectivity index (χ1) is 17.9. The number of carbonyl (C=O) groups excluding carboxylic acids is 3. The molecule has 0 atom stereocenters. The van der Waals surface area contributed by atoms with Crippen molar-refractivity contribution in [1.82, 2.24) is 14.8 Å². The van der Waals surface area contributed by atoms with E-state index in [2.05, 4.69) is 5.32 Å². The molecule has 2 aromatic carbocycles. The van der Waals surface area contributed by atoms with Crippen LogP contribution in [0.2, 0.25) is 0 Å². The van der Waals surface area contributed by atoms with E-state index in [4.69, 9.17) is 4.42 Å². The number of hydrogen-bond acceptors (Lipinski definition) is 5. The first kappa shape index (κ1) is 24.6.